The molecule has 1 unspecified atom stereocenters. The largest absolute Gasteiger partial charge is 0.416 e. The summed E-state index contributed by atoms with van der Waals surface area (Å²) in [7, 11) is 0. The van der Waals surface area contributed by atoms with E-state index in [1.807, 2.05) is 0 Å². The van der Waals surface area contributed by atoms with Crippen LogP contribution < -0.4 is 10.2 Å². The van der Waals surface area contributed by atoms with Gasteiger partial charge in [-0.15, -0.1) is 0 Å². The summed E-state index contributed by atoms with van der Waals surface area (Å²) < 4.78 is 51.8. The molecule has 2 amide bonds. The van der Waals surface area contributed by atoms with Gasteiger partial charge in [-0.05, 0) is 29.8 Å². The Balaban J connectivity index is 1.66. The monoisotopic (exact) mass is 425 g/mol. The molecule has 1 heterocycles. The summed E-state index contributed by atoms with van der Waals surface area (Å²) in [5, 5.41) is 13.4. The molecule has 2 aromatic rings. The van der Waals surface area contributed by atoms with Gasteiger partial charge in [-0.1, -0.05) is 12.1 Å². The van der Waals surface area contributed by atoms with Crippen LogP contribution in [0.5, 0.6) is 0 Å². The number of nitro benzene ring substituents is 1. The molecule has 0 radical (unpaired) electrons. The number of alkyl halides is 3. The second kappa shape index (κ2) is 8.09. The number of anilines is 1. The molecule has 158 valence electrons. The highest BCUT2D eigenvalue weighted by atomic mass is 19.4. The molecule has 2 aromatic carbocycles. The molecule has 0 bridgehead atoms. The Kier molecular flexibility index (Phi) is 5.72. The van der Waals surface area contributed by atoms with E-state index in [2.05, 4.69) is 5.32 Å². The van der Waals surface area contributed by atoms with E-state index in [0.29, 0.717) is 0 Å². The molecule has 1 atom stereocenters. The Morgan fingerprint density at radius 3 is 2.63 bits per heavy atom. The summed E-state index contributed by atoms with van der Waals surface area (Å²) in [6.45, 7) is -0.245. The summed E-state index contributed by atoms with van der Waals surface area (Å²) in [6.07, 6.45) is -4.68. The minimum absolute atomic E-state index is 0.0845. The Morgan fingerprint density at radius 2 is 1.97 bits per heavy atom. The molecule has 1 aliphatic heterocycles. The average Bonchev–Trinajstić information content (AvgIpc) is 3.07. The number of rotatable bonds is 5. The van der Waals surface area contributed by atoms with Crippen LogP contribution in [0.4, 0.5) is 28.9 Å². The van der Waals surface area contributed by atoms with E-state index in [-0.39, 0.29) is 30.8 Å². The van der Waals surface area contributed by atoms with Gasteiger partial charge in [0.2, 0.25) is 17.6 Å². The molecule has 3 rings (SSSR count). The van der Waals surface area contributed by atoms with Gasteiger partial charge in [-0.25, -0.2) is 0 Å². The maximum atomic E-state index is 13.5. The van der Waals surface area contributed by atoms with Crippen LogP contribution in [0.3, 0.4) is 0 Å². The van der Waals surface area contributed by atoms with Crippen molar-refractivity contribution in [1.82, 2.24) is 5.32 Å². The van der Waals surface area contributed by atoms with Crippen LogP contribution in [0, 0.1) is 21.8 Å². The van der Waals surface area contributed by atoms with Gasteiger partial charge in [0.05, 0.1) is 22.1 Å². The number of nitro groups is 1. The molecular weight excluding hydrogens is 410 g/mol. The van der Waals surface area contributed by atoms with E-state index in [0.717, 1.165) is 29.2 Å². The lowest BCUT2D eigenvalue weighted by molar-refractivity contribution is -0.387. The first kappa shape index (κ1) is 21.2. The zero-order chi connectivity index (χ0) is 22.1. The SMILES string of the molecule is O=C(NCc1cccc(C(F)(F)F)c1)C1CC(=O)N(c2ccc(F)c([N+](=O)[O-])c2)C1. The van der Waals surface area contributed by atoms with E-state index < -0.39 is 45.9 Å². The highest BCUT2D eigenvalue weighted by molar-refractivity contribution is 6.00. The number of amides is 2. The molecule has 0 saturated carbocycles. The Labute approximate surface area is 167 Å². The van der Waals surface area contributed by atoms with Crippen LogP contribution in [0.2, 0.25) is 0 Å². The number of halogens is 4. The van der Waals surface area contributed by atoms with Crippen LogP contribution in [0.25, 0.3) is 0 Å². The highest BCUT2D eigenvalue weighted by Gasteiger charge is 2.36. The summed E-state index contributed by atoms with van der Waals surface area (Å²) in [4.78, 5) is 35.7. The quantitative estimate of drug-likeness (QED) is 0.451. The fourth-order valence-corrected chi connectivity index (χ4v) is 3.13. The van der Waals surface area contributed by atoms with Gasteiger partial charge in [0.15, 0.2) is 0 Å². The number of nitrogens with zero attached hydrogens (tertiary/aromatic N) is 2. The third-order valence-electron chi connectivity index (χ3n) is 4.65. The Morgan fingerprint density at radius 1 is 1.23 bits per heavy atom. The topological polar surface area (TPSA) is 92.6 Å². The summed E-state index contributed by atoms with van der Waals surface area (Å²) in [5.41, 5.74) is -1.30. The van der Waals surface area contributed by atoms with Crippen molar-refractivity contribution < 1.29 is 32.1 Å². The first-order valence-electron chi connectivity index (χ1n) is 8.74. The molecule has 0 aromatic heterocycles. The second-order valence-electron chi connectivity index (χ2n) is 6.71. The van der Waals surface area contributed by atoms with Crippen molar-refractivity contribution in [2.24, 2.45) is 5.92 Å². The molecule has 7 nitrogen and oxygen atoms in total. The first-order valence-corrected chi connectivity index (χ1v) is 8.74. The number of nitrogens with one attached hydrogen (secondary N) is 1. The summed E-state index contributed by atoms with van der Waals surface area (Å²) in [6, 6.07) is 7.47. The second-order valence-corrected chi connectivity index (χ2v) is 6.71. The highest BCUT2D eigenvalue weighted by Crippen LogP contribution is 2.31. The van der Waals surface area contributed by atoms with Crippen molar-refractivity contribution in [3.8, 4) is 0 Å². The van der Waals surface area contributed by atoms with E-state index in [1.54, 1.807) is 0 Å². The Bertz CT molecular complexity index is 1010. The third-order valence-corrected chi connectivity index (χ3v) is 4.65. The van der Waals surface area contributed by atoms with Crippen LogP contribution in [0.1, 0.15) is 17.5 Å². The van der Waals surface area contributed by atoms with E-state index in [4.69, 9.17) is 0 Å². The van der Waals surface area contributed by atoms with Gasteiger partial charge in [0.1, 0.15) is 0 Å². The average molecular weight is 425 g/mol. The van der Waals surface area contributed by atoms with E-state index in [1.165, 1.54) is 18.2 Å². The third kappa shape index (κ3) is 4.56. The maximum absolute atomic E-state index is 13.5. The van der Waals surface area contributed by atoms with Crippen LogP contribution in [-0.4, -0.2) is 23.3 Å². The van der Waals surface area contributed by atoms with Crippen molar-refractivity contribution in [3.63, 3.8) is 0 Å². The van der Waals surface area contributed by atoms with Crippen LogP contribution in [-0.2, 0) is 22.3 Å². The number of hydrogen-bond acceptors (Lipinski definition) is 4. The molecular formula is C19H15F4N3O4. The molecule has 1 saturated heterocycles. The predicted molar refractivity (Wildman–Crippen MR) is 96.8 cm³/mol. The van der Waals surface area contributed by atoms with Crippen LogP contribution >= 0.6 is 0 Å². The van der Waals surface area contributed by atoms with E-state index >= 15 is 0 Å². The van der Waals surface area contributed by atoms with Crippen molar-refractivity contribution in [1.29, 1.82) is 0 Å². The fourth-order valence-electron chi connectivity index (χ4n) is 3.13. The molecule has 0 spiro atoms. The smallest absolute Gasteiger partial charge is 0.352 e. The number of hydrogen-bond donors (Lipinski definition) is 1. The van der Waals surface area contributed by atoms with Gasteiger partial charge in [-0.2, -0.15) is 17.6 Å². The standard InChI is InChI=1S/C19H15F4N3O4/c20-15-5-4-14(8-16(15)26(29)30)25-10-12(7-17(25)27)18(28)24-9-11-2-1-3-13(6-11)19(21,22)23/h1-6,8,12H,7,9-10H2,(H,24,28). The molecule has 11 heteroatoms. The summed E-state index contributed by atoms with van der Waals surface area (Å²) in [5.74, 6) is -2.87. The minimum atomic E-state index is -4.50. The molecule has 30 heavy (non-hydrogen) atoms. The summed E-state index contributed by atoms with van der Waals surface area (Å²) >= 11 is 0. The van der Waals surface area contributed by atoms with Gasteiger partial charge < -0.3 is 10.2 Å². The lowest BCUT2D eigenvalue weighted by Crippen LogP contribution is -2.32. The van der Waals surface area contributed by atoms with Crippen molar-refractivity contribution in [2.75, 3.05) is 11.4 Å². The molecule has 1 aliphatic rings. The zero-order valence-electron chi connectivity index (χ0n) is 15.3. The number of carbonyl (C=O) groups is 2. The van der Waals surface area contributed by atoms with Crippen LogP contribution in [0.15, 0.2) is 42.5 Å². The number of benzene rings is 2. The lowest BCUT2D eigenvalue weighted by Gasteiger charge is -2.17. The minimum Gasteiger partial charge on any atom is -0.352 e. The Hall–Kier alpha value is -3.50. The lowest BCUT2D eigenvalue weighted by atomic mass is 10.1. The predicted octanol–water partition coefficient (Wildman–Crippen LogP) is 3.42. The van der Waals surface area contributed by atoms with Gasteiger partial charge in [0.25, 0.3) is 0 Å². The maximum Gasteiger partial charge on any atom is 0.416 e. The van der Waals surface area contributed by atoms with Crippen molar-refractivity contribution in [3.05, 3.63) is 69.5 Å². The fraction of sp³-hybridized carbons (Fsp3) is 0.263. The van der Waals surface area contributed by atoms with Gasteiger partial charge >= 0.3 is 11.9 Å². The normalized spacial score (nSPS) is 16.6. The number of carbonyl (C=O) groups excluding carboxylic acids is 2. The van der Waals surface area contributed by atoms with E-state index in [9.17, 15) is 37.3 Å². The van der Waals surface area contributed by atoms with Gasteiger partial charge in [0, 0.05) is 25.6 Å². The zero-order valence-corrected chi connectivity index (χ0v) is 15.3. The molecule has 1 fully saturated rings. The van der Waals surface area contributed by atoms with Crippen molar-refractivity contribution in [2.45, 2.75) is 19.1 Å². The first-order chi connectivity index (χ1) is 14.1. The van der Waals surface area contributed by atoms with Crippen molar-refractivity contribution >= 4 is 23.2 Å². The molecule has 0 aliphatic carbocycles. The molecule has 1 N–H and O–H groups in total. The van der Waals surface area contributed by atoms with Gasteiger partial charge in [-0.3, -0.25) is 19.7 Å².